The Morgan fingerprint density at radius 3 is 2.94 bits per heavy atom. The van der Waals surface area contributed by atoms with Crippen LogP contribution in [0.15, 0.2) is 30.5 Å². The molecule has 0 bridgehead atoms. The van der Waals surface area contributed by atoms with Gasteiger partial charge in [0.05, 0.1) is 11.9 Å². The summed E-state index contributed by atoms with van der Waals surface area (Å²) in [5.74, 6) is 0.804. The molecular formula is C13H18N2O. The van der Waals surface area contributed by atoms with Gasteiger partial charge in [-0.1, -0.05) is 6.58 Å². The molecule has 2 rings (SSSR count). The van der Waals surface area contributed by atoms with E-state index in [1.54, 1.807) is 6.20 Å². The van der Waals surface area contributed by atoms with Gasteiger partial charge in [0.25, 0.3) is 0 Å². The van der Waals surface area contributed by atoms with Crippen molar-refractivity contribution in [1.82, 2.24) is 10.3 Å². The number of aromatic nitrogens is 1. The lowest BCUT2D eigenvalue weighted by atomic mass is 10.3. The Hall–Kier alpha value is -1.35. The number of nitrogens with zero attached hydrogens (tertiary/aromatic N) is 1. The average Bonchev–Trinajstić information content (AvgIpc) is 3.09. The molecule has 0 saturated heterocycles. The van der Waals surface area contributed by atoms with E-state index < -0.39 is 0 Å². The highest BCUT2D eigenvalue weighted by Gasteiger charge is 2.19. The minimum Gasteiger partial charge on any atom is -0.488 e. The van der Waals surface area contributed by atoms with E-state index in [1.165, 1.54) is 12.8 Å². The topological polar surface area (TPSA) is 34.1 Å². The Balaban J connectivity index is 1.80. The zero-order chi connectivity index (χ0) is 11.4. The first-order valence-electron chi connectivity index (χ1n) is 5.69. The van der Waals surface area contributed by atoms with E-state index in [2.05, 4.69) is 16.9 Å². The van der Waals surface area contributed by atoms with Crippen molar-refractivity contribution in [2.75, 3.05) is 6.61 Å². The van der Waals surface area contributed by atoms with Crippen LogP contribution in [0.5, 0.6) is 5.75 Å². The second-order valence-electron chi connectivity index (χ2n) is 4.39. The van der Waals surface area contributed by atoms with Gasteiger partial charge < -0.3 is 10.1 Å². The molecule has 1 fully saturated rings. The van der Waals surface area contributed by atoms with Gasteiger partial charge in [-0.15, -0.1) is 0 Å². The second kappa shape index (κ2) is 5.12. The highest BCUT2D eigenvalue weighted by atomic mass is 16.5. The van der Waals surface area contributed by atoms with E-state index in [9.17, 15) is 0 Å². The summed E-state index contributed by atoms with van der Waals surface area (Å²) in [7, 11) is 0. The summed E-state index contributed by atoms with van der Waals surface area (Å²) in [6.45, 7) is 7.14. The van der Waals surface area contributed by atoms with Crippen molar-refractivity contribution >= 4 is 0 Å². The van der Waals surface area contributed by atoms with Crippen molar-refractivity contribution < 1.29 is 4.74 Å². The minimum absolute atomic E-state index is 0.557. The Morgan fingerprint density at radius 1 is 1.56 bits per heavy atom. The van der Waals surface area contributed by atoms with Crippen molar-refractivity contribution in [3.05, 3.63) is 36.2 Å². The number of hydrogen-bond acceptors (Lipinski definition) is 3. The van der Waals surface area contributed by atoms with Crippen LogP contribution in [0.25, 0.3) is 0 Å². The fourth-order valence-electron chi connectivity index (χ4n) is 1.34. The highest BCUT2D eigenvalue weighted by Crippen LogP contribution is 2.19. The summed E-state index contributed by atoms with van der Waals surface area (Å²) in [5.41, 5.74) is 2.08. The van der Waals surface area contributed by atoms with Crippen LogP contribution in [0.1, 0.15) is 25.5 Å². The van der Waals surface area contributed by atoms with E-state index in [1.807, 2.05) is 19.1 Å². The number of rotatable bonds is 6. The maximum Gasteiger partial charge on any atom is 0.138 e. The Labute approximate surface area is 96.5 Å². The molecule has 3 nitrogen and oxygen atoms in total. The van der Waals surface area contributed by atoms with E-state index in [-0.39, 0.29) is 0 Å². The third kappa shape index (κ3) is 3.66. The number of pyridine rings is 1. The summed E-state index contributed by atoms with van der Waals surface area (Å²) < 4.78 is 5.48. The summed E-state index contributed by atoms with van der Waals surface area (Å²) >= 11 is 0. The van der Waals surface area contributed by atoms with Crippen molar-refractivity contribution in [3.8, 4) is 5.75 Å². The molecule has 1 N–H and O–H groups in total. The zero-order valence-corrected chi connectivity index (χ0v) is 9.70. The molecule has 16 heavy (non-hydrogen) atoms. The molecule has 1 aliphatic rings. The summed E-state index contributed by atoms with van der Waals surface area (Å²) in [6.07, 6.45) is 4.38. The summed E-state index contributed by atoms with van der Waals surface area (Å²) in [6, 6.07) is 4.68. The molecule has 3 heteroatoms. The molecule has 0 aliphatic heterocycles. The molecule has 1 aromatic rings. The molecule has 1 aromatic heterocycles. The first-order chi connectivity index (χ1) is 7.74. The average molecular weight is 218 g/mol. The van der Waals surface area contributed by atoms with Crippen molar-refractivity contribution in [1.29, 1.82) is 0 Å². The smallest absolute Gasteiger partial charge is 0.138 e. The van der Waals surface area contributed by atoms with Crippen LogP contribution < -0.4 is 10.1 Å². The quantitative estimate of drug-likeness (QED) is 0.744. The molecule has 1 saturated carbocycles. The molecule has 0 aromatic carbocycles. The lowest BCUT2D eigenvalue weighted by Crippen LogP contribution is -2.16. The van der Waals surface area contributed by atoms with E-state index >= 15 is 0 Å². The zero-order valence-electron chi connectivity index (χ0n) is 9.70. The molecular weight excluding hydrogens is 200 g/mol. The van der Waals surface area contributed by atoms with Crippen molar-refractivity contribution in [2.45, 2.75) is 32.4 Å². The molecule has 0 radical (unpaired) electrons. The van der Waals surface area contributed by atoms with E-state index in [0.29, 0.717) is 6.61 Å². The highest BCUT2D eigenvalue weighted by molar-refractivity contribution is 5.20. The Morgan fingerprint density at radius 2 is 2.38 bits per heavy atom. The SMILES string of the molecule is C=C(C)COc1ccc(CNC2CC2)nc1. The maximum atomic E-state index is 5.48. The maximum absolute atomic E-state index is 5.48. The lowest BCUT2D eigenvalue weighted by molar-refractivity contribution is 0.351. The van der Waals surface area contributed by atoms with Gasteiger partial charge in [-0.05, 0) is 37.5 Å². The van der Waals surface area contributed by atoms with Gasteiger partial charge in [0.2, 0.25) is 0 Å². The minimum atomic E-state index is 0.557. The van der Waals surface area contributed by atoms with Crippen LogP contribution in [-0.2, 0) is 6.54 Å². The molecule has 0 unspecified atom stereocenters. The van der Waals surface area contributed by atoms with Crippen molar-refractivity contribution in [2.24, 2.45) is 0 Å². The van der Waals surface area contributed by atoms with Crippen LogP contribution in [-0.4, -0.2) is 17.6 Å². The van der Waals surface area contributed by atoms with Gasteiger partial charge in [0, 0.05) is 12.6 Å². The normalized spacial score (nSPS) is 14.8. The van der Waals surface area contributed by atoms with Crippen molar-refractivity contribution in [3.63, 3.8) is 0 Å². The first kappa shape index (κ1) is 11.1. The third-order valence-corrected chi connectivity index (χ3v) is 2.43. The third-order valence-electron chi connectivity index (χ3n) is 2.43. The van der Waals surface area contributed by atoms with Gasteiger partial charge in [0.15, 0.2) is 0 Å². The van der Waals surface area contributed by atoms with E-state index in [0.717, 1.165) is 29.6 Å². The predicted molar refractivity (Wildman–Crippen MR) is 64.4 cm³/mol. The molecule has 1 aliphatic carbocycles. The van der Waals surface area contributed by atoms with Crippen LogP contribution in [0, 0.1) is 0 Å². The van der Waals surface area contributed by atoms with Gasteiger partial charge in [-0.3, -0.25) is 4.98 Å². The number of hydrogen-bond donors (Lipinski definition) is 1. The van der Waals surface area contributed by atoms with Crippen LogP contribution in [0.3, 0.4) is 0 Å². The molecule has 0 amide bonds. The van der Waals surface area contributed by atoms with Crippen LogP contribution >= 0.6 is 0 Å². The lowest BCUT2D eigenvalue weighted by Gasteiger charge is -2.06. The Bertz CT molecular complexity index is 355. The molecule has 86 valence electrons. The number of ether oxygens (including phenoxy) is 1. The molecule has 0 atom stereocenters. The largest absolute Gasteiger partial charge is 0.488 e. The fourth-order valence-corrected chi connectivity index (χ4v) is 1.34. The molecule has 1 heterocycles. The van der Waals surface area contributed by atoms with Gasteiger partial charge in [0.1, 0.15) is 12.4 Å². The van der Waals surface area contributed by atoms with Crippen LogP contribution in [0.2, 0.25) is 0 Å². The van der Waals surface area contributed by atoms with Crippen LogP contribution in [0.4, 0.5) is 0 Å². The number of nitrogens with one attached hydrogen (secondary N) is 1. The fraction of sp³-hybridized carbons (Fsp3) is 0.462. The van der Waals surface area contributed by atoms with Gasteiger partial charge in [-0.25, -0.2) is 0 Å². The molecule has 0 spiro atoms. The van der Waals surface area contributed by atoms with E-state index in [4.69, 9.17) is 4.74 Å². The monoisotopic (exact) mass is 218 g/mol. The van der Waals surface area contributed by atoms with Gasteiger partial charge >= 0.3 is 0 Å². The Kier molecular flexibility index (Phi) is 3.57. The first-order valence-corrected chi connectivity index (χ1v) is 5.69. The second-order valence-corrected chi connectivity index (χ2v) is 4.39. The standard InChI is InChI=1S/C13H18N2O/c1-10(2)9-16-13-6-5-12(15-8-13)7-14-11-3-4-11/h5-6,8,11,14H,1,3-4,7,9H2,2H3. The van der Waals surface area contributed by atoms with Gasteiger partial charge in [-0.2, -0.15) is 0 Å². The summed E-state index contributed by atoms with van der Waals surface area (Å²) in [4.78, 5) is 4.34. The predicted octanol–water partition coefficient (Wildman–Crippen LogP) is 2.29. The summed E-state index contributed by atoms with van der Waals surface area (Å²) in [5, 5.41) is 3.43.